The molecule has 2 N–H and O–H groups in total. The Morgan fingerprint density at radius 1 is 1.40 bits per heavy atom. The van der Waals surface area contributed by atoms with E-state index in [1.54, 1.807) is 11.0 Å². The molecule has 2 amide bonds. The normalized spacial score (nSPS) is 18.6. The molecular formula is C14H18N2O3S. The van der Waals surface area contributed by atoms with E-state index in [1.807, 2.05) is 24.5 Å². The Kier molecular flexibility index (Phi) is 4.89. The minimum Gasteiger partial charge on any atom is -0.409 e. The van der Waals surface area contributed by atoms with Crippen LogP contribution in [-0.2, 0) is 4.79 Å². The van der Waals surface area contributed by atoms with Crippen LogP contribution in [0.3, 0.4) is 0 Å². The summed E-state index contributed by atoms with van der Waals surface area (Å²) in [5.41, 5.74) is 5.31. The van der Waals surface area contributed by atoms with Crippen molar-refractivity contribution >= 4 is 23.8 Å². The molecule has 6 heteroatoms. The number of piperidine rings is 1. The third kappa shape index (κ3) is 3.45. The van der Waals surface area contributed by atoms with Gasteiger partial charge in [0.1, 0.15) is 5.75 Å². The average molecular weight is 294 g/mol. The van der Waals surface area contributed by atoms with E-state index in [4.69, 9.17) is 10.5 Å². The van der Waals surface area contributed by atoms with Crippen LogP contribution in [0.5, 0.6) is 5.75 Å². The van der Waals surface area contributed by atoms with Gasteiger partial charge in [-0.15, -0.1) is 11.8 Å². The highest BCUT2D eigenvalue weighted by atomic mass is 32.2. The molecule has 1 aromatic rings. The van der Waals surface area contributed by atoms with Crippen molar-refractivity contribution in [3.05, 3.63) is 24.3 Å². The topological polar surface area (TPSA) is 72.6 Å². The number of amides is 2. The minimum absolute atomic E-state index is 0.271. The Bertz CT molecular complexity index is 507. The zero-order valence-electron chi connectivity index (χ0n) is 11.4. The standard InChI is InChI=1S/C14H18N2O3S/c1-20-12-7-3-2-6-11(12)19-14(18)16-8-4-5-10(9-16)13(15)17/h2-3,6-7,10H,4-5,8-9H2,1H3,(H2,15,17)/t10-/m0/s1. The van der Waals surface area contributed by atoms with Gasteiger partial charge in [0, 0.05) is 18.0 Å². The number of nitrogens with two attached hydrogens (primary N) is 1. The summed E-state index contributed by atoms with van der Waals surface area (Å²) in [6, 6.07) is 7.38. The summed E-state index contributed by atoms with van der Waals surface area (Å²) in [5, 5.41) is 0. The first kappa shape index (κ1) is 14.7. The molecule has 20 heavy (non-hydrogen) atoms. The van der Waals surface area contributed by atoms with E-state index >= 15 is 0 Å². The number of carbonyl (C=O) groups excluding carboxylic acids is 2. The van der Waals surface area contributed by atoms with Crippen LogP contribution in [0.15, 0.2) is 29.2 Å². The van der Waals surface area contributed by atoms with Crippen molar-refractivity contribution in [2.75, 3.05) is 19.3 Å². The third-order valence-corrected chi connectivity index (χ3v) is 4.13. The predicted octanol–water partition coefficient (Wildman–Crippen LogP) is 2.10. The zero-order chi connectivity index (χ0) is 14.5. The molecule has 0 aliphatic carbocycles. The largest absolute Gasteiger partial charge is 0.415 e. The molecule has 5 nitrogen and oxygen atoms in total. The van der Waals surface area contributed by atoms with Crippen molar-refractivity contribution in [3.63, 3.8) is 0 Å². The smallest absolute Gasteiger partial charge is 0.409 e. The molecule has 1 heterocycles. The van der Waals surface area contributed by atoms with Gasteiger partial charge in [0.25, 0.3) is 0 Å². The fraction of sp³-hybridized carbons (Fsp3) is 0.429. The van der Waals surface area contributed by atoms with Crippen LogP contribution in [0.25, 0.3) is 0 Å². The van der Waals surface area contributed by atoms with Crippen molar-refractivity contribution in [2.24, 2.45) is 11.7 Å². The zero-order valence-corrected chi connectivity index (χ0v) is 12.2. The number of nitrogens with zero attached hydrogens (tertiary/aromatic N) is 1. The highest BCUT2D eigenvalue weighted by molar-refractivity contribution is 7.98. The first-order chi connectivity index (χ1) is 9.61. The van der Waals surface area contributed by atoms with Crippen LogP contribution in [0.4, 0.5) is 4.79 Å². The van der Waals surface area contributed by atoms with Crippen molar-refractivity contribution in [1.82, 2.24) is 4.90 Å². The van der Waals surface area contributed by atoms with Crippen LogP contribution in [0, 0.1) is 5.92 Å². The van der Waals surface area contributed by atoms with Gasteiger partial charge in [0.2, 0.25) is 5.91 Å². The number of hydrogen-bond donors (Lipinski definition) is 1. The second-order valence-electron chi connectivity index (χ2n) is 4.71. The van der Waals surface area contributed by atoms with Crippen LogP contribution >= 0.6 is 11.8 Å². The summed E-state index contributed by atoms with van der Waals surface area (Å²) in [6.45, 7) is 0.944. The second kappa shape index (κ2) is 6.65. The lowest BCUT2D eigenvalue weighted by Crippen LogP contribution is -2.45. The van der Waals surface area contributed by atoms with E-state index in [2.05, 4.69) is 0 Å². The molecule has 0 unspecified atom stereocenters. The Balaban J connectivity index is 2.02. The van der Waals surface area contributed by atoms with E-state index in [0.29, 0.717) is 18.8 Å². The summed E-state index contributed by atoms with van der Waals surface area (Å²) in [4.78, 5) is 25.8. The minimum atomic E-state index is -0.419. The quantitative estimate of drug-likeness (QED) is 0.867. The van der Waals surface area contributed by atoms with Crippen LogP contribution in [0.2, 0.25) is 0 Å². The summed E-state index contributed by atoms with van der Waals surface area (Å²) in [7, 11) is 0. The lowest BCUT2D eigenvalue weighted by Gasteiger charge is -2.30. The van der Waals surface area contributed by atoms with Gasteiger partial charge in [-0.3, -0.25) is 4.79 Å². The Labute approximate surface area is 122 Å². The van der Waals surface area contributed by atoms with Crippen molar-refractivity contribution in [2.45, 2.75) is 17.7 Å². The van der Waals surface area contributed by atoms with E-state index in [0.717, 1.165) is 17.7 Å². The molecule has 108 valence electrons. The molecule has 0 saturated carbocycles. The number of carbonyl (C=O) groups is 2. The SMILES string of the molecule is CSc1ccccc1OC(=O)N1CCC[C@H](C(N)=O)C1. The average Bonchev–Trinajstić information content (AvgIpc) is 2.48. The lowest BCUT2D eigenvalue weighted by atomic mass is 9.98. The molecule has 1 fully saturated rings. The number of hydrogen-bond acceptors (Lipinski definition) is 4. The summed E-state index contributed by atoms with van der Waals surface area (Å²) in [5.74, 6) is -0.0784. The van der Waals surface area contributed by atoms with Gasteiger partial charge in [0.05, 0.1) is 5.92 Å². The van der Waals surface area contributed by atoms with Gasteiger partial charge in [0.15, 0.2) is 0 Å². The molecule has 0 aromatic heterocycles. The van der Waals surface area contributed by atoms with E-state index in [-0.39, 0.29) is 11.8 Å². The number of primary amides is 1. The molecule has 1 atom stereocenters. The monoisotopic (exact) mass is 294 g/mol. The Hall–Kier alpha value is -1.69. The van der Waals surface area contributed by atoms with E-state index in [1.165, 1.54) is 11.8 Å². The molecule has 0 radical (unpaired) electrons. The fourth-order valence-corrected chi connectivity index (χ4v) is 2.76. The van der Waals surface area contributed by atoms with Gasteiger partial charge in [-0.05, 0) is 31.2 Å². The van der Waals surface area contributed by atoms with Gasteiger partial charge < -0.3 is 15.4 Å². The number of thioether (sulfide) groups is 1. The van der Waals surface area contributed by atoms with Crippen molar-refractivity contribution < 1.29 is 14.3 Å². The summed E-state index contributed by atoms with van der Waals surface area (Å²) in [6.07, 6.45) is 3.02. The molecule has 1 aromatic carbocycles. The molecule has 1 saturated heterocycles. The van der Waals surface area contributed by atoms with Crippen LogP contribution in [0.1, 0.15) is 12.8 Å². The maximum absolute atomic E-state index is 12.1. The van der Waals surface area contributed by atoms with Crippen LogP contribution in [-0.4, -0.2) is 36.2 Å². The number of likely N-dealkylation sites (tertiary alicyclic amines) is 1. The number of ether oxygens (including phenoxy) is 1. The fourth-order valence-electron chi connectivity index (χ4n) is 2.24. The molecule has 2 rings (SSSR count). The highest BCUT2D eigenvalue weighted by Gasteiger charge is 2.28. The summed E-state index contributed by atoms with van der Waals surface area (Å²) >= 11 is 1.52. The van der Waals surface area contributed by atoms with Gasteiger partial charge in [-0.2, -0.15) is 0 Å². The van der Waals surface area contributed by atoms with Gasteiger partial charge in [-0.25, -0.2) is 4.79 Å². The molecular weight excluding hydrogens is 276 g/mol. The summed E-state index contributed by atoms with van der Waals surface area (Å²) < 4.78 is 5.42. The maximum Gasteiger partial charge on any atom is 0.415 e. The number of benzene rings is 1. The van der Waals surface area contributed by atoms with Gasteiger partial charge >= 0.3 is 6.09 Å². The molecule has 1 aliphatic heterocycles. The lowest BCUT2D eigenvalue weighted by molar-refractivity contribution is -0.123. The van der Waals surface area contributed by atoms with Crippen molar-refractivity contribution in [3.8, 4) is 5.75 Å². The highest BCUT2D eigenvalue weighted by Crippen LogP contribution is 2.28. The third-order valence-electron chi connectivity index (χ3n) is 3.35. The Morgan fingerprint density at radius 3 is 2.85 bits per heavy atom. The first-order valence-electron chi connectivity index (χ1n) is 6.51. The van der Waals surface area contributed by atoms with Crippen molar-refractivity contribution in [1.29, 1.82) is 0 Å². The molecule has 0 spiro atoms. The second-order valence-corrected chi connectivity index (χ2v) is 5.55. The number of para-hydroxylation sites is 1. The van der Waals surface area contributed by atoms with Crippen LogP contribution < -0.4 is 10.5 Å². The number of rotatable bonds is 3. The molecule has 0 bridgehead atoms. The maximum atomic E-state index is 12.1. The molecule has 1 aliphatic rings. The van der Waals surface area contributed by atoms with E-state index < -0.39 is 6.09 Å². The van der Waals surface area contributed by atoms with E-state index in [9.17, 15) is 9.59 Å². The predicted molar refractivity (Wildman–Crippen MR) is 77.7 cm³/mol. The first-order valence-corrected chi connectivity index (χ1v) is 7.73. The Morgan fingerprint density at radius 2 is 2.15 bits per heavy atom. The van der Waals surface area contributed by atoms with Gasteiger partial charge in [-0.1, -0.05) is 12.1 Å².